The maximum absolute atomic E-state index is 12.2. The highest BCUT2D eigenvalue weighted by atomic mass is 16.4. The lowest BCUT2D eigenvalue weighted by Gasteiger charge is -2.18. The fourth-order valence-corrected chi connectivity index (χ4v) is 1.65. The third-order valence-electron chi connectivity index (χ3n) is 2.48. The lowest BCUT2D eigenvalue weighted by Crippen LogP contribution is -2.42. The summed E-state index contributed by atoms with van der Waals surface area (Å²) >= 11 is 0. The number of carboxylic acid groups (broad SMARTS) is 1. The van der Waals surface area contributed by atoms with Crippen LogP contribution in [0.4, 0.5) is 0 Å². The van der Waals surface area contributed by atoms with Crippen molar-refractivity contribution in [3.05, 3.63) is 28.2 Å². The highest BCUT2D eigenvalue weighted by Gasteiger charge is 2.22. The highest BCUT2D eigenvalue weighted by Crippen LogP contribution is 2.00. The lowest BCUT2D eigenvalue weighted by molar-refractivity contribution is -0.138. The zero-order valence-electron chi connectivity index (χ0n) is 11.5. The average molecular weight is 296 g/mol. The van der Waals surface area contributed by atoms with Gasteiger partial charge in [-0.05, 0) is 12.5 Å². The van der Waals surface area contributed by atoms with Crippen molar-refractivity contribution >= 4 is 17.8 Å². The van der Waals surface area contributed by atoms with E-state index >= 15 is 0 Å². The number of nitrogens with zero attached hydrogens (tertiary/aromatic N) is 3. The molecule has 0 bridgehead atoms. The quantitative estimate of drug-likeness (QED) is 0.639. The zero-order valence-corrected chi connectivity index (χ0v) is 11.5. The Kier molecular flexibility index (Phi) is 5.58. The number of amides is 2. The van der Waals surface area contributed by atoms with E-state index in [-0.39, 0.29) is 11.3 Å². The van der Waals surface area contributed by atoms with Gasteiger partial charge in [0.2, 0.25) is 5.91 Å². The normalized spacial score (nSPS) is 10.1. The van der Waals surface area contributed by atoms with Gasteiger partial charge in [0.25, 0.3) is 11.5 Å². The molecule has 0 aliphatic rings. The zero-order chi connectivity index (χ0) is 16.0. The smallest absolute Gasteiger partial charge is 0.323 e. The Bertz CT molecular complexity index is 594. The van der Waals surface area contributed by atoms with Crippen LogP contribution < -0.4 is 11.3 Å². The number of aliphatic carboxylic acids is 1. The number of carboxylic acids is 1. The van der Waals surface area contributed by atoms with E-state index in [4.69, 9.17) is 10.8 Å². The van der Waals surface area contributed by atoms with Gasteiger partial charge in [-0.1, -0.05) is 6.92 Å². The number of aromatic nitrogens is 2. The molecule has 0 atom stereocenters. The summed E-state index contributed by atoms with van der Waals surface area (Å²) in [6.07, 6.45) is 0.644. The van der Waals surface area contributed by atoms with Crippen LogP contribution >= 0.6 is 0 Å². The van der Waals surface area contributed by atoms with Crippen LogP contribution in [0.5, 0.6) is 0 Å². The molecule has 0 aromatic carbocycles. The second kappa shape index (κ2) is 7.17. The third-order valence-corrected chi connectivity index (χ3v) is 2.48. The van der Waals surface area contributed by atoms with E-state index in [1.807, 2.05) is 6.92 Å². The lowest BCUT2D eigenvalue weighted by atomic mass is 10.3. The Morgan fingerprint density at radius 2 is 2.00 bits per heavy atom. The van der Waals surface area contributed by atoms with Crippen molar-refractivity contribution in [3.63, 3.8) is 0 Å². The summed E-state index contributed by atoms with van der Waals surface area (Å²) in [5.74, 6) is -2.90. The fourth-order valence-electron chi connectivity index (χ4n) is 1.65. The number of rotatable bonds is 7. The molecule has 1 aromatic heterocycles. The van der Waals surface area contributed by atoms with E-state index < -0.39 is 30.9 Å². The van der Waals surface area contributed by atoms with Gasteiger partial charge in [0.05, 0.1) is 0 Å². The number of nitrogens with two attached hydrogens (primary N) is 1. The molecule has 0 spiro atoms. The summed E-state index contributed by atoms with van der Waals surface area (Å²) in [6.45, 7) is 0.942. The third kappa shape index (κ3) is 4.71. The van der Waals surface area contributed by atoms with Gasteiger partial charge < -0.3 is 15.7 Å². The molecule has 0 saturated carbocycles. The van der Waals surface area contributed by atoms with Crippen molar-refractivity contribution in [2.45, 2.75) is 19.9 Å². The van der Waals surface area contributed by atoms with Crippen LogP contribution in [0.1, 0.15) is 23.8 Å². The van der Waals surface area contributed by atoms with Gasteiger partial charge in [-0.15, -0.1) is 0 Å². The molecule has 9 heteroatoms. The van der Waals surface area contributed by atoms with E-state index in [0.29, 0.717) is 13.0 Å². The minimum absolute atomic E-state index is 0.120. The molecule has 21 heavy (non-hydrogen) atoms. The molecule has 0 aliphatic heterocycles. The summed E-state index contributed by atoms with van der Waals surface area (Å²) < 4.78 is 1.11. The van der Waals surface area contributed by atoms with E-state index in [9.17, 15) is 19.2 Å². The first kappa shape index (κ1) is 16.3. The molecular formula is C12H16N4O5. The molecule has 9 nitrogen and oxygen atoms in total. The van der Waals surface area contributed by atoms with Crippen LogP contribution in [0.25, 0.3) is 0 Å². The molecule has 1 heterocycles. The minimum Gasteiger partial charge on any atom is -0.480 e. The van der Waals surface area contributed by atoms with Crippen LogP contribution in [0.2, 0.25) is 0 Å². The Morgan fingerprint density at radius 3 is 2.52 bits per heavy atom. The van der Waals surface area contributed by atoms with Gasteiger partial charge >= 0.3 is 5.97 Å². The molecular weight excluding hydrogens is 280 g/mol. The van der Waals surface area contributed by atoms with Crippen molar-refractivity contribution in [2.24, 2.45) is 5.73 Å². The van der Waals surface area contributed by atoms with Crippen LogP contribution in [0.15, 0.2) is 16.9 Å². The number of hydrogen-bond donors (Lipinski definition) is 2. The van der Waals surface area contributed by atoms with Crippen LogP contribution in [0.3, 0.4) is 0 Å². The van der Waals surface area contributed by atoms with E-state index in [0.717, 1.165) is 9.58 Å². The summed E-state index contributed by atoms with van der Waals surface area (Å²) in [6, 6.07) is 2.35. The van der Waals surface area contributed by atoms with Crippen molar-refractivity contribution < 1.29 is 19.5 Å². The van der Waals surface area contributed by atoms with Gasteiger partial charge in [0, 0.05) is 12.6 Å². The van der Waals surface area contributed by atoms with Crippen molar-refractivity contribution in [3.8, 4) is 0 Å². The molecule has 3 N–H and O–H groups in total. The second-order valence-corrected chi connectivity index (χ2v) is 4.30. The standard InChI is InChI=1S/C12H16N4O5/c1-2-5-16-10(18)4-3-8(14-16)12(21)15(6-9(13)17)7-11(19)20/h3-4H,2,5-7H2,1H3,(H2,13,17)(H,19,20). The van der Waals surface area contributed by atoms with Crippen molar-refractivity contribution in [1.29, 1.82) is 0 Å². The van der Waals surface area contributed by atoms with E-state index in [2.05, 4.69) is 5.10 Å². The first-order valence-corrected chi connectivity index (χ1v) is 6.22. The number of carbonyl (C=O) groups is 3. The molecule has 2 amide bonds. The largest absolute Gasteiger partial charge is 0.480 e. The molecule has 0 aliphatic carbocycles. The van der Waals surface area contributed by atoms with E-state index in [1.165, 1.54) is 12.1 Å². The van der Waals surface area contributed by atoms with Gasteiger partial charge in [0.1, 0.15) is 18.8 Å². The fraction of sp³-hybridized carbons (Fsp3) is 0.417. The average Bonchev–Trinajstić information content (AvgIpc) is 2.39. The first-order chi connectivity index (χ1) is 9.85. The Hall–Kier alpha value is -2.71. The molecule has 114 valence electrons. The van der Waals surface area contributed by atoms with E-state index in [1.54, 1.807) is 0 Å². The Morgan fingerprint density at radius 1 is 1.33 bits per heavy atom. The number of hydrogen-bond acceptors (Lipinski definition) is 5. The molecule has 0 fully saturated rings. The van der Waals surface area contributed by atoms with Gasteiger partial charge in [-0.25, -0.2) is 4.68 Å². The maximum Gasteiger partial charge on any atom is 0.323 e. The summed E-state index contributed by atoms with van der Waals surface area (Å²) in [5.41, 5.74) is 4.50. The Balaban J connectivity index is 3.07. The van der Waals surface area contributed by atoms with Gasteiger partial charge in [-0.3, -0.25) is 19.2 Å². The second-order valence-electron chi connectivity index (χ2n) is 4.30. The summed E-state index contributed by atoms with van der Waals surface area (Å²) in [7, 11) is 0. The molecule has 1 aromatic rings. The number of primary amides is 1. The predicted octanol–water partition coefficient (Wildman–Crippen LogP) is -1.33. The minimum atomic E-state index is -1.29. The number of aryl methyl sites for hydroxylation is 1. The van der Waals surface area contributed by atoms with Crippen molar-refractivity contribution in [1.82, 2.24) is 14.7 Å². The van der Waals surface area contributed by atoms with Gasteiger partial charge in [-0.2, -0.15) is 5.10 Å². The van der Waals surface area contributed by atoms with Gasteiger partial charge in [0.15, 0.2) is 0 Å². The predicted molar refractivity (Wildman–Crippen MR) is 71.5 cm³/mol. The molecule has 1 rings (SSSR count). The maximum atomic E-state index is 12.2. The molecule has 0 unspecified atom stereocenters. The summed E-state index contributed by atoms with van der Waals surface area (Å²) in [5, 5.41) is 12.6. The summed E-state index contributed by atoms with van der Waals surface area (Å²) in [4.78, 5) is 46.1. The van der Waals surface area contributed by atoms with Crippen LogP contribution in [0, 0.1) is 0 Å². The monoisotopic (exact) mass is 296 g/mol. The molecule has 0 saturated heterocycles. The SMILES string of the molecule is CCCn1nc(C(=O)N(CC(N)=O)CC(=O)O)ccc1=O. The first-order valence-electron chi connectivity index (χ1n) is 6.22. The highest BCUT2D eigenvalue weighted by molar-refractivity contribution is 5.96. The van der Waals surface area contributed by atoms with Crippen LogP contribution in [-0.4, -0.2) is 50.7 Å². The Labute approximate surface area is 120 Å². The molecule has 0 radical (unpaired) electrons. The number of carbonyl (C=O) groups excluding carboxylic acids is 2. The van der Waals surface area contributed by atoms with Crippen LogP contribution in [-0.2, 0) is 16.1 Å². The van der Waals surface area contributed by atoms with Crippen molar-refractivity contribution in [2.75, 3.05) is 13.1 Å². The topological polar surface area (TPSA) is 136 Å².